The fourth-order valence-electron chi connectivity index (χ4n) is 1.82. The molecule has 0 saturated heterocycles. The lowest BCUT2D eigenvalue weighted by Gasteiger charge is -2.05. The maximum absolute atomic E-state index is 13.1. The molecule has 0 bridgehead atoms. The van der Waals surface area contributed by atoms with Gasteiger partial charge in [-0.1, -0.05) is 0 Å². The van der Waals surface area contributed by atoms with Crippen molar-refractivity contribution in [3.8, 4) is 0 Å². The first-order valence-electron chi connectivity index (χ1n) is 5.75. The number of H-pyrrole nitrogens is 1. The lowest BCUT2D eigenvalue weighted by molar-refractivity contribution is 0.580. The van der Waals surface area contributed by atoms with Gasteiger partial charge in [-0.3, -0.25) is 4.79 Å². The summed E-state index contributed by atoms with van der Waals surface area (Å²) in [6.07, 6.45) is 0.168. The van der Waals surface area contributed by atoms with Crippen molar-refractivity contribution in [2.45, 2.75) is 13.0 Å². The van der Waals surface area contributed by atoms with E-state index in [9.17, 15) is 13.6 Å². The topological polar surface area (TPSA) is 57.8 Å². The van der Waals surface area contributed by atoms with Crippen LogP contribution in [0.25, 0.3) is 0 Å². The molecule has 0 aliphatic rings. The highest BCUT2D eigenvalue weighted by molar-refractivity contribution is 5.21. The van der Waals surface area contributed by atoms with Crippen molar-refractivity contribution in [1.29, 1.82) is 0 Å². The Labute approximate surface area is 108 Å². The molecular formula is C13H13F2N3O. The van der Waals surface area contributed by atoms with Crippen LogP contribution in [0, 0.1) is 11.6 Å². The van der Waals surface area contributed by atoms with Gasteiger partial charge in [-0.05, 0) is 24.7 Å². The molecule has 0 aliphatic heterocycles. The van der Waals surface area contributed by atoms with E-state index in [1.54, 1.807) is 7.05 Å². The number of hydrogen-bond donors (Lipinski definition) is 2. The second-order valence-corrected chi connectivity index (χ2v) is 4.17. The Kier molecular flexibility index (Phi) is 4.01. The van der Waals surface area contributed by atoms with E-state index in [4.69, 9.17) is 0 Å². The van der Waals surface area contributed by atoms with Crippen molar-refractivity contribution in [2.75, 3.05) is 7.05 Å². The maximum atomic E-state index is 13.1. The molecule has 1 heterocycles. The average Bonchev–Trinajstić information content (AvgIpc) is 2.26. The van der Waals surface area contributed by atoms with Crippen molar-refractivity contribution in [2.24, 2.45) is 0 Å². The summed E-state index contributed by atoms with van der Waals surface area (Å²) in [6.45, 7) is 0.453. The van der Waals surface area contributed by atoms with E-state index in [0.717, 1.165) is 6.07 Å². The van der Waals surface area contributed by atoms with Crippen LogP contribution in [-0.2, 0) is 13.0 Å². The predicted octanol–water partition coefficient (Wildman–Crippen LogP) is 1.36. The minimum absolute atomic E-state index is 0.168. The maximum Gasteiger partial charge on any atom is 0.251 e. The minimum atomic E-state index is -0.649. The highest BCUT2D eigenvalue weighted by Gasteiger charge is 2.05. The van der Waals surface area contributed by atoms with Gasteiger partial charge in [0, 0.05) is 25.1 Å². The highest BCUT2D eigenvalue weighted by atomic mass is 19.1. The molecule has 0 spiro atoms. The van der Waals surface area contributed by atoms with Gasteiger partial charge in [0.15, 0.2) is 0 Å². The van der Waals surface area contributed by atoms with Crippen LogP contribution in [0.2, 0.25) is 0 Å². The van der Waals surface area contributed by atoms with E-state index in [-0.39, 0.29) is 12.0 Å². The van der Waals surface area contributed by atoms with Gasteiger partial charge in [0.25, 0.3) is 5.56 Å². The molecule has 19 heavy (non-hydrogen) atoms. The quantitative estimate of drug-likeness (QED) is 0.877. The molecular weight excluding hydrogens is 252 g/mol. The lowest BCUT2D eigenvalue weighted by atomic mass is 10.1. The van der Waals surface area contributed by atoms with Gasteiger partial charge in [-0.15, -0.1) is 0 Å². The van der Waals surface area contributed by atoms with Crippen molar-refractivity contribution in [3.05, 3.63) is 63.3 Å². The molecule has 6 heteroatoms. The molecule has 2 N–H and O–H groups in total. The normalized spacial score (nSPS) is 10.7. The molecule has 1 aromatic heterocycles. The monoisotopic (exact) mass is 265 g/mol. The third-order valence-corrected chi connectivity index (χ3v) is 2.50. The molecule has 0 atom stereocenters. The number of halogens is 2. The van der Waals surface area contributed by atoms with Crippen LogP contribution >= 0.6 is 0 Å². The summed E-state index contributed by atoms with van der Waals surface area (Å²) in [5.41, 5.74) is 0.715. The van der Waals surface area contributed by atoms with Gasteiger partial charge < -0.3 is 10.3 Å². The fraction of sp³-hybridized carbons (Fsp3) is 0.231. The summed E-state index contributed by atoms with van der Waals surface area (Å²) in [6, 6.07) is 4.62. The summed E-state index contributed by atoms with van der Waals surface area (Å²) in [5, 5.41) is 2.89. The Hall–Kier alpha value is -2.08. The summed E-state index contributed by atoms with van der Waals surface area (Å²) in [5.74, 6) is -0.921. The van der Waals surface area contributed by atoms with Gasteiger partial charge in [-0.2, -0.15) is 0 Å². The summed E-state index contributed by atoms with van der Waals surface area (Å²) in [4.78, 5) is 18.2. The van der Waals surface area contributed by atoms with Crippen LogP contribution in [0.5, 0.6) is 0 Å². The van der Waals surface area contributed by atoms with Crippen molar-refractivity contribution < 1.29 is 8.78 Å². The van der Waals surface area contributed by atoms with Gasteiger partial charge in [0.05, 0.1) is 5.69 Å². The zero-order valence-corrected chi connectivity index (χ0v) is 10.3. The zero-order valence-electron chi connectivity index (χ0n) is 10.3. The second-order valence-electron chi connectivity index (χ2n) is 4.17. The Bertz CT molecular complexity index is 620. The number of nitrogens with one attached hydrogen (secondary N) is 2. The first kappa shape index (κ1) is 13.4. The Morgan fingerprint density at radius 2 is 1.89 bits per heavy atom. The minimum Gasteiger partial charge on any atom is -0.314 e. The third-order valence-electron chi connectivity index (χ3n) is 2.50. The number of nitrogens with zero attached hydrogens (tertiary/aromatic N) is 1. The van der Waals surface area contributed by atoms with Crippen LogP contribution in [-0.4, -0.2) is 17.0 Å². The number of hydrogen-bond acceptors (Lipinski definition) is 3. The molecule has 4 nitrogen and oxygen atoms in total. The molecule has 100 valence electrons. The Morgan fingerprint density at radius 3 is 2.53 bits per heavy atom. The summed E-state index contributed by atoms with van der Waals surface area (Å²) in [7, 11) is 1.74. The smallest absolute Gasteiger partial charge is 0.251 e. The van der Waals surface area contributed by atoms with E-state index in [0.29, 0.717) is 23.6 Å². The first-order valence-corrected chi connectivity index (χ1v) is 5.75. The third kappa shape index (κ3) is 3.69. The zero-order chi connectivity index (χ0) is 13.8. The SMILES string of the molecule is CNCc1cc(=O)[nH]c(Cc2cc(F)cc(F)c2)n1. The summed E-state index contributed by atoms with van der Waals surface area (Å²) < 4.78 is 26.1. The Morgan fingerprint density at radius 1 is 1.21 bits per heavy atom. The summed E-state index contributed by atoms with van der Waals surface area (Å²) >= 11 is 0. The first-order chi connectivity index (χ1) is 9.06. The standard InChI is InChI=1S/C13H13F2N3O/c1-16-7-11-6-13(19)18-12(17-11)4-8-2-9(14)5-10(15)3-8/h2-3,5-6,16H,4,7H2,1H3,(H,17,18,19). The van der Waals surface area contributed by atoms with E-state index in [2.05, 4.69) is 15.3 Å². The van der Waals surface area contributed by atoms with E-state index >= 15 is 0 Å². The predicted molar refractivity (Wildman–Crippen MR) is 66.8 cm³/mol. The second kappa shape index (κ2) is 5.71. The van der Waals surface area contributed by atoms with Crippen LogP contribution in [0.1, 0.15) is 17.1 Å². The lowest BCUT2D eigenvalue weighted by Crippen LogP contribution is -2.16. The van der Waals surface area contributed by atoms with Gasteiger partial charge in [-0.25, -0.2) is 13.8 Å². The van der Waals surface area contributed by atoms with Crippen LogP contribution in [0.15, 0.2) is 29.1 Å². The van der Waals surface area contributed by atoms with Crippen LogP contribution < -0.4 is 10.9 Å². The molecule has 1 aromatic carbocycles. The van der Waals surface area contributed by atoms with Crippen molar-refractivity contribution in [3.63, 3.8) is 0 Å². The van der Waals surface area contributed by atoms with Crippen LogP contribution in [0.3, 0.4) is 0 Å². The van der Waals surface area contributed by atoms with Gasteiger partial charge in [0.2, 0.25) is 0 Å². The van der Waals surface area contributed by atoms with Gasteiger partial charge >= 0.3 is 0 Å². The molecule has 2 rings (SSSR count). The highest BCUT2D eigenvalue weighted by Crippen LogP contribution is 2.10. The van der Waals surface area contributed by atoms with Crippen molar-refractivity contribution >= 4 is 0 Å². The molecule has 2 aromatic rings. The molecule has 0 amide bonds. The van der Waals surface area contributed by atoms with E-state index < -0.39 is 11.6 Å². The van der Waals surface area contributed by atoms with Gasteiger partial charge in [0.1, 0.15) is 17.5 Å². The molecule has 0 saturated carbocycles. The number of benzene rings is 1. The molecule has 0 radical (unpaired) electrons. The fourth-order valence-corrected chi connectivity index (χ4v) is 1.82. The molecule has 0 fully saturated rings. The molecule has 0 unspecified atom stereocenters. The largest absolute Gasteiger partial charge is 0.314 e. The average molecular weight is 265 g/mol. The van der Waals surface area contributed by atoms with E-state index in [1.165, 1.54) is 18.2 Å². The number of aromatic amines is 1. The number of aromatic nitrogens is 2. The Balaban J connectivity index is 2.29. The number of rotatable bonds is 4. The van der Waals surface area contributed by atoms with Crippen molar-refractivity contribution in [1.82, 2.24) is 15.3 Å². The van der Waals surface area contributed by atoms with Crippen LogP contribution in [0.4, 0.5) is 8.78 Å². The van der Waals surface area contributed by atoms with E-state index in [1.807, 2.05) is 0 Å². The molecule has 0 aliphatic carbocycles.